The molecule has 2 fully saturated rings. The molecule has 1 aromatic carbocycles. The first-order chi connectivity index (χ1) is 17.3. The Morgan fingerprint density at radius 2 is 1.83 bits per heavy atom. The molecule has 1 aliphatic heterocycles. The number of rotatable bonds is 5. The number of halogens is 3. The first-order valence-electron chi connectivity index (χ1n) is 12.5. The van der Waals surface area contributed by atoms with E-state index in [1.165, 1.54) is 0 Å². The number of aryl methyl sites for hydroxylation is 1. The van der Waals surface area contributed by atoms with Gasteiger partial charge in [-0.2, -0.15) is 13.2 Å². The van der Waals surface area contributed by atoms with Crippen LogP contribution in [0.5, 0.6) is 0 Å². The number of ether oxygens (including phenoxy) is 1. The Morgan fingerprint density at radius 3 is 2.53 bits per heavy atom. The van der Waals surface area contributed by atoms with Gasteiger partial charge in [0.25, 0.3) is 0 Å². The first kappa shape index (κ1) is 24.8. The van der Waals surface area contributed by atoms with Crippen LogP contribution >= 0.6 is 0 Å². The standard InChI is InChI=1S/C27H32F3N5O/c1-17-6-7-32-15-22(17)19-12-20-14-25(33-16-23(20)24(31)13-19)34-26(27(28,29)30)18-2-4-21(5-3-18)35-8-10-36-11-9-35/h6-7,12-16,18,21,26H,2-5,8-11,31H2,1H3,(H,33,34). The molecule has 3 heterocycles. The summed E-state index contributed by atoms with van der Waals surface area (Å²) in [5, 5.41) is 4.19. The molecule has 5 rings (SSSR count). The molecule has 36 heavy (non-hydrogen) atoms. The molecule has 0 amide bonds. The van der Waals surface area contributed by atoms with Gasteiger partial charge in [-0.3, -0.25) is 9.88 Å². The minimum Gasteiger partial charge on any atom is -0.398 e. The molecule has 1 saturated heterocycles. The van der Waals surface area contributed by atoms with Crippen LogP contribution in [0.3, 0.4) is 0 Å². The van der Waals surface area contributed by atoms with E-state index in [2.05, 4.69) is 20.2 Å². The van der Waals surface area contributed by atoms with Gasteiger partial charge in [-0.25, -0.2) is 4.98 Å². The summed E-state index contributed by atoms with van der Waals surface area (Å²) >= 11 is 0. The van der Waals surface area contributed by atoms with E-state index in [-0.39, 0.29) is 5.82 Å². The van der Waals surface area contributed by atoms with Gasteiger partial charge in [0.1, 0.15) is 11.9 Å². The van der Waals surface area contributed by atoms with Crippen molar-refractivity contribution in [2.24, 2.45) is 5.92 Å². The van der Waals surface area contributed by atoms with Gasteiger partial charge < -0.3 is 15.8 Å². The van der Waals surface area contributed by atoms with Gasteiger partial charge in [-0.05, 0) is 79.3 Å². The molecule has 2 aliphatic rings. The van der Waals surface area contributed by atoms with E-state index in [9.17, 15) is 13.2 Å². The molecule has 3 aromatic rings. The second-order valence-corrected chi connectivity index (χ2v) is 9.93. The Bertz CT molecular complexity index is 1200. The number of hydrogen-bond acceptors (Lipinski definition) is 6. The fourth-order valence-electron chi connectivity index (χ4n) is 5.66. The predicted molar refractivity (Wildman–Crippen MR) is 136 cm³/mol. The van der Waals surface area contributed by atoms with E-state index < -0.39 is 18.1 Å². The molecule has 0 radical (unpaired) electrons. The summed E-state index contributed by atoms with van der Waals surface area (Å²) in [6, 6.07) is 6.06. The van der Waals surface area contributed by atoms with Crippen molar-refractivity contribution in [3.05, 3.63) is 48.4 Å². The molecular formula is C27H32F3N5O. The van der Waals surface area contributed by atoms with Crippen LogP contribution in [-0.2, 0) is 4.74 Å². The van der Waals surface area contributed by atoms with Gasteiger partial charge in [0.2, 0.25) is 0 Å². The smallest absolute Gasteiger partial charge is 0.398 e. The number of benzene rings is 1. The van der Waals surface area contributed by atoms with Crippen LogP contribution in [0.4, 0.5) is 24.7 Å². The van der Waals surface area contributed by atoms with Crippen molar-refractivity contribution in [2.75, 3.05) is 37.4 Å². The van der Waals surface area contributed by atoms with E-state index in [1.807, 2.05) is 25.1 Å². The molecule has 0 spiro atoms. The lowest BCUT2D eigenvalue weighted by molar-refractivity contribution is -0.156. The van der Waals surface area contributed by atoms with Gasteiger partial charge in [-0.15, -0.1) is 0 Å². The summed E-state index contributed by atoms with van der Waals surface area (Å²) in [5.74, 6) is -0.283. The molecule has 192 valence electrons. The van der Waals surface area contributed by atoms with Crippen LogP contribution in [0.15, 0.2) is 42.9 Å². The summed E-state index contributed by atoms with van der Waals surface area (Å²) < 4.78 is 48.0. The third kappa shape index (κ3) is 5.27. The Labute approximate surface area is 209 Å². The number of hydrogen-bond donors (Lipinski definition) is 2. The highest BCUT2D eigenvalue weighted by Gasteiger charge is 2.46. The van der Waals surface area contributed by atoms with Crippen molar-refractivity contribution >= 4 is 22.3 Å². The molecule has 0 bridgehead atoms. The molecule has 6 nitrogen and oxygen atoms in total. The fraction of sp³-hybridized carbons (Fsp3) is 0.481. The first-order valence-corrected chi connectivity index (χ1v) is 12.5. The highest BCUT2D eigenvalue weighted by Crippen LogP contribution is 2.38. The highest BCUT2D eigenvalue weighted by molar-refractivity contribution is 5.97. The van der Waals surface area contributed by atoms with Crippen molar-refractivity contribution in [3.8, 4) is 11.1 Å². The number of nitrogen functional groups attached to an aromatic ring is 1. The number of aromatic nitrogens is 2. The Kier molecular flexibility index (Phi) is 7.03. The summed E-state index contributed by atoms with van der Waals surface area (Å²) in [4.78, 5) is 10.9. The Balaban J connectivity index is 1.36. The number of morpholine rings is 1. The largest absolute Gasteiger partial charge is 0.408 e. The zero-order valence-electron chi connectivity index (χ0n) is 20.4. The molecule has 1 aliphatic carbocycles. The number of nitrogens with two attached hydrogens (primary N) is 1. The lowest BCUT2D eigenvalue weighted by atomic mass is 9.80. The highest BCUT2D eigenvalue weighted by atomic mass is 19.4. The van der Waals surface area contributed by atoms with Gasteiger partial charge in [0.15, 0.2) is 0 Å². The molecule has 9 heteroatoms. The van der Waals surface area contributed by atoms with Gasteiger partial charge >= 0.3 is 6.18 Å². The normalized spacial score (nSPS) is 22.4. The van der Waals surface area contributed by atoms with Crippen molar-refractivity contribution in [3.63, 3.8) is 0 Å². The summed E-state index contributed by atoms with van der Waals surface area (Å²) in [7, 11) is 0. The average molecular weight is 500 g/mol. The summed E-state index contributed by atoms with van der Waals surface area (Å²) in [5.41, 5.74) is 9.66. The lowest BCUT2D eigenvalue weighted by Gasteiger charge is -2.41. The third-order valence-electron chi connectivity index (χ3n) is 7.65. The number of nitrogens with one attached hydrogen (secondary N) is 1. The maximum Gasteiger partial charge on any atom is 0.408 e. The Morgan fingerprint density at radius 1 is 1.08 bits per heavy atom. The zero-order chi connectivity index (χ0) is 25.3. The Hall–Kier alpha value is -2.91. The number of nitrogens with zero attached hydrogens (tertiary/aromatic N) is 3. The van der Waals surface area contributed by atoms with Crippen molar-refractivity contribution in [2.45, 2.75) is 50.9 Å². The monoisotopic (exact) mass is 499 g/mol. The van der Waals surface area contributed by atoms with Crippen LogP contribution in [0.2, 0.25) is 0 Å². The van der Waals surface area contributed by atoms with Crippen LogP contribution < -0.4 is 11.1 Å². The summed E-state index contributed by atoms with van der Waals surface area (Å²) in [6.07, 6.45) is 3.28. The molecular weight excluding hydrogens is 467 g/mol. The molecule has 1 saturated carbocycles. The topological polar surface area (TPSA) is 76.3 Å². The van der Waals surface area contributed by atoms with Crippen LogP contribution in [0, 0.1) is 12.8 Å². The van der Waals surface area contributed by atoms with E-state index in [4.69, 9.17) is 10.5 Å². The van der Waals surface area contributed by atoms with Crippen molar-refractivity contribution in [1.82, 2.24) is 14.9 Å². The van der Waals surface area contributed by atoms with E-state index >= 15 is 0 Å². The maximum absolute atomic E-state index is 14.2. The van der Waals surface area contributed by atoms with Crippen molar-refractivity contribution < 1.29 is 17.9 Å². The van der Waals surface area contributed by atoms with Gasteiger partial charge in [0, 0.05) is 54.4 Å². The summed E-state index contributed by atoms with van der Waals surface area (Å²) in [6.45, 7) is 5.11. The second-order valence-electron chi connectivity index (χ2n) is 9.93. The average Bonchev–Trinajstić information content (AvgIpc) is 2.87. The second kappa shape index (κ2) is 10.2. The predicted octanol–water partition coefficient (Wildman–Crippen LogP) is 5.42. The van der Waals surface area contributed by atoms with Crippen LogP contribution in [0.1, 0.15) is 31.2 Å². The van der Waals surface area contributed by atoms with E-state index in [0.29, 0.717) is 43.2 Å². The van der Waals surface area contributed by atoms with Gasteiger partial charge in [0.05, 0.1) is 13.2 Å². The van der Waals surface area contributed by atoms with Crippen LogP contribution in [0.25, 0.3) is 21.9 Å². The number of fused-ring (bicyclic) bond motifs is 1. The fourth-order valence-corrected chi connectivity index (χ4v) is 5.66. The quantitative estimate of drug-likeness (QED) is 0.457. The third-order valence-corrected chi connectivity index (χ3v) is 7.65. The molecule has 1 atom stereocenters. The number of alkyl halides is 3. The molecule has 2 aromatic heterocycles. The minimum atomic E-state index is -4.37. The van der Waals surface area contributed by atoms with Crippen molar-refractivity contribution in [1.29, 1.82) is 0 Å². The maximum atomic E-state index is 14.2. The number of anilines is 2. The minimum absolute atomic E-state index is 0.208. The van der Waals surface area contributed by atoms with Crippen LogP contribution in [-0.4, -0.2) is 59.4 Å². The molecule has 3 N–H and O–H groups in total. The van der Waals surface area contributed by atoms with E-state index in [0.717, 1.165) is 48.0 Å². The molecule has 1 unspecified atom stereocenters. The zero-order valence-corrected chi connectivity index (χ0v) is 20.4. The van der Waals surface area contributed by atoms with E-state index in [1.54, 1.807) is 24.7 Å². The van der Waals surface area contributed by atoms with Gasteiger partial charge in [-0.1, -0.05) is 0 Å². The lowest BCUT2D eigenvalue weighted by Crippen LogP contribution is -2.48. The SMILES string of the molecule is Cc1ccncc1-c1cc(N)c2cnc(NC(C3CCC(N4CCOCC4)CC3)C(F)(F)F)cc2c1. The number of pyridine rings is 2.